The summed E-state index contributed by atoms with van der Waals surface area (Å²) in [4.78, 5) is 16.1. The van der Waals surface area contributed by atoms with Crippen molar-refractivity contribution in [2.75, 3.05) is 36.4 Å². The Balaban J connectivity index is 1.93. The summed E-state index contributed by atoms with van der Waals surface area (Å²) in [7, 11) is -3.59. The molecule has 29 heavy (non-hydrogen) atoms. The summed E-state index contributed by atoms with van der Waals surface area (Å²) in [6.45, 7) is 6.30. The maximum absolute atomic E-state index is 13.0. The van der Waals surface area contributed by atoms with Crippen LogP contribution >= 0.6 is 11.3 Å². The van der Waals surface area contributed by atoms with E-state index in [9.17, 15) is 13.2 Å². The summed E-state index contributed by atoms with van der Waals surface area (Å²) in [6, 6.07) is 8.96. The fraction of sp³-hybridized carbons (Fsp3) is 0.476. The predicted octanol–water partition coefficient (Wildman–Crippen LogP) is 3.95. The number of anilines is 2. The lowest BCUT2D eigenvalue weighted by Gasteiger charge is -2.31. The highest BCUT2D eigenvalue weighted by atomic mass is 32.2. The zero-order chi connectivity index (χ0) is 20.9. The highest BCUT2D eigenvalue weighted by Gasteiger charge is 2.24. The molecule has 2 aromatic rings. The van der Waals surface area contributed by atoms with E-state index in [1.54, 1.807) is 12.1 Å². The number of sulfonamides is 1. The average Bonchev–Trinajstić information content (AvgIpc) is 3.22. The van der Waals surface area contributed by atoms with Crippen LogP contribution in [0.4, 0.5) is 11.4 Å². The van der Waals surface area contributed by atoms with Crippen molar-refractivity contribution in [2.24, 2.45) is 0 Å². The van der Waals surface area contributed by atoms with Crippen LogP contribution in [0.2, 0.25) is 0 Å². The highest BCUT2D eigenvalue weighted by Crippen LogP contribution is 2.32. The molecule has 0 unspecified atom stereocenters. The molecular formula is C21H29N3O3S2. The van der Waals surface area contributed by atoms with Gasteiger partial charge in [-0.3, -0.25) is 4.79 Å². The van der Waals surface area contributed by atoms with Crippen LogP contribution in [0, 0.1) is 0 Å². The Morgan fingerprint density at radius 2 is 1.86 bits per heavy atom. The number of benzene rings is 1. The first kappa shape index (κ1) is 21.8. The van der Waals surface area contributed by atoms with Gasteiger partial charge in [0.25, 0.3) is 0 Å². The van der Waals surface area contributed by atoms with Crippen LogP contribution in [0.1, 0.15) is 38.0 Å². The van der Waals surface area contributed by atoms with Gasteiger partial charge in [-0.1, -0.05) is 19.9 Å². The summed E-state index contributed by atoms with van der Waals surface area (Å²) >= 11 is 1.54. The molecule has 1 aromatic heterocycles. The summed E-state index contributed by atoms with van der Waals surface area (Å²) in [6.07, 6.45) is 3.68. The number of amides is 1. The lowest BCUT2D eigenvalue weighted by Crippen LogP contribution is -2.32. The molecule has 0 atom stereocenters. The number of carbonyl (C=O) groups is 1. The third-order valence-corrected chi connectivity index (χ3v) is 8.12. The minimum Gasteiger partial charge on any atom is -0.370 e. The Labute approximate surface area is 177 Å². The quantitative estimate of drug-likeness (QED) is 0.682. The lowest BCUT2D eigenvalue weighted by molar-refractivity contribution is -0.115. The van der Waals surface area contributed by atoms with Crippen molar-refractivity contribution < 1.29 is 13.2 Å². The Hall–Kier alpha value is -1.90. The number of rotatable bonds is 8. The predicted molar refractivity (Wildman–Crippen MR) is 119 cm³/mol. The van der Waals surface area contributed by atoms with E-state index in [1.165, 1.54) is 22.1 Å². The third-order valence-electron chi connectivity index (χ3n) is 5.20. The Kier molecular flexibility index (Phi) is 7.32. The van der Waals surface area contributed by atoms with E-state index in [0.717, 1.165) is 36.5 Å². The number of piperidine rings is 1. The van der Waals surface area contributed by atoms with Gasteiger partial charge in [-0.05, 0) is 48.9 Å². The summed E-state index contributed by atoms with van der Waals surface area (Å²) in [5, 5.41) is 4.92. The first-order valence-corrected chi connectivity index (χ1v) is 12.5. The van der Waals surface area contributed by atoms with E-state index >= 15 is 0 Å². The second-order valence-corrected chi connectivity index (χ2v) is 10.1. The van der Waals surface area contributed by atoms with Gasteiger partial charge in [0.05, 0.1) is 22.7 Å². The number of nitrogens with zero attached hydrogens (tertiary/aromatic N) is 2. The van der Waals surface area contributed by atoms with Gasteiger partial charge in [0.15, 0.2) is 0 Å². The topological polar surface area (TPSA) is 69.7 Å². The molecule has 1 saturated heterocycles. The third kappa shape index (κ3) is 5.18. The molecule has 158 valence electrons. The zero-order valence-electron chi connectivity index (χ0n) is 17.1. The SMILES string of the molecule is CCN(CC)S(=O)(=O)c1ccc(N2CCCCC2)c(NC(=O)Cc2cccs2)c1. The van der Waals surface area contributed by atoms with Crippen molar-refractivity contribution in [3.05, 3.63) is 40.6 Å². The molecule has 0 saturated carbocycles. The van der Waals surface area contributed by atoms with Gasteiger partial charge in [0.1, 0.15) is 0 Å². The van der Waals surface area contributed by atoms with Crippen molar-refractivity contribution in [1.82, 2.24) is 4.31 Å². The molecule has 0 radical (unpaired) electrons. The van der Waals surface area contributed by atoms with Gasteiger partial charge in [-0.25, -0.2) is 8.42 Å². The smallest absolute Gasteiger partial charge is 0.243 e. The van der Waals surface area contributed by atoms with Gasteiger partial charge in [0, 0.05) is 31.1 Å². The van der Waals surface area contributed by atoms with Crippen molar-refractivity contribution in [1.29, 1.82) is 0 Å². The van der Waals surface area contributed by atoms with E-state index in [4.69, 9.17) is 0 Å². The van der Waals surface area contributed by atoms with Crippen molar-refractivity contribution in [3.63, 3.8) is 0 Å². The van der Waals surface area contributed by atoms with E-state index < -0.39 is 10.0 Å². The zero-order valence-corrected chi connectivity index (χ0v) is 18.7. The average molecular weight is 436 g/mol. The fourth-order valence-corrected chi connectivity index (χ4v) is 5.85. The van der Waals surface area contributed by atoms with Crippen LogP contribution < -0.4 is 10.2 Å². The van der Waals surface area contributed by atoms with E-state index in [-0.39, 0.29) is 17.2 Å². The van der Waals surface area contributed by atoms with Crippen LogP contribution in [0.3, 0.4) is 0 Å². The monoisotopic (exact) mass is 435 g/mol. The summed E-state index contributed by atoms with van der Waals surface area (Å²) in [5.74, 6) is -0.136. The van der Waals surface area contributed by atoms with Crippen molar-refractivity contribution in [2.45, 2.75) is 44.4 Å². The van der Waals surface area contributed by atoms with Crippen LogP contribution in [-0.2, 0) is 21.2 Å². The molecule has 0 aliphatic carbocycles. The largest absolute Gasteiger partial charge is 0.370 e. The molecule has 0 bridgehead atoms. The molecule has 1 fully saturated rings. The maximum atomic E-state index is 13.0. The number of carbonyl (C=O) groups excluding carboxylic acids is 1. The molecular weight excluding hydrogens is 406 g/mol. The molecule has 6 nitrogen and oxygen atoms in total. The molecule has 1 N–H and O–H groups in total. The molecule has 1 aliphatic heterocycles. The second-order valence-electron chi connectivity index (χ2n) is 7.12. The standard InChI is InChI=1S/C21H29N3O3S2/c1-3-24(4-2)29(26,27)18-10-11-20(23-12-6-5-7-13-23)19(16-18)22-21(25)15-17-9-8-14-28-17/h8-11,14,16H,3-7,12-13,15H2,1-2H3,(H,22,25). The summed E-state index contributed by atoms with van der Waals surface area (Å²) < 4.78 is 27.4. The number of nitrogens with one attached hydrogen (secondary N) is 1. The van der Waals surface area contributed by atoms with E-state index in [1.807, 2.05) is 37.4 Å². The highest BCUT2D eigenvalue weighted by molar-refractivity contribution is 7.89. The lowest BCUT2D eigenvalue weighted by atomic mass is 10.1. The van der Waals surface area contributed by atoms with Crippen molar-refractivity contribution in [3.8, 4) is 0 Å². The van der Waals surface area contributed by atoms with Gasteiger partial charge >= 0.3 is 0 Å². The first-order valence-electron chi connectivity index (χ1n) is 10.2. The first-order chi connectivity index (χ1) is 14.0. The maximum Gasteiger partial charge on any atom is 0.243 e. The molecule has 1 aliphatic rings. The van der Waals surface area contributed by atoms with Gasteiger partial charge in [0.2, 0.25) is 15.9 Å². The minimum atomic E-state index is -3.59. The molecule has 8 heteroatoms. The Morgan fingerprint density at radius 1 is 1.14 bits per heavy atom. The van der Waals surface area contributed by atoms with E-state index in [0.29, 0.717) is 18.8 Å². The normalized spacial score (nSPS) is 14.9. The number of hydrogen-bond acceptors (Lipinski definition) is 5. The Bertz CT molecular complexity index is 917. The minimum absolute atomic E-state index is 0.136. The molecule has 2 heterocycles. The second kappa shape index (κ2) is 9.73. The molecule has 0 spiro atoms. The van der Waals surface area contributed by atoms with E-state index in [2.05, 4.69) is 10.2 Å². The van der Waals surface area contributed by atoms with Crippen LogP contribution in [0.25, 0.3) is 0 Å². The molecule has 1 aromatic carbocycles. The van der Waals surface area contributed by atoms with Crippen LogP contribution in [-0.4, -0.2) is 44.8 Å². The van der Waals surface area contributed by atoms with Gasteiger partial charge in [-0.2, -0.15) is 4.31 Å². The number of thiophene rings is 1. The van der Waals surface area contributed by atoms with Crippen LogP contribution in [0.5, 0.6) is 0 Å². The van der Waals surface area contributed by atoms with Gasteiger partial charge in [-0.15, -0.1) is 11.3 Å². The summed E-state index contributed by atoms with van der Waals surface area (Å²) in [5.41, 5.74) is 1.46. The van der Waals surface area contributed by atoms with Gasteiger partial charge < -0.3 is 10.2 Å². The Morgan fingerprint density at radius 3 is 2.48 bits per heavy atom. The fourth-order valence-electron chi connectivity index (χ4n) is 3.66. The number of hydrogen-bond donors (Lipinski definition) is 1. The molecule has 1 amide bonds. The molecule has 3 rings (SSSR count). The van der Waals surface area contributed by atoms with Crippen molar-refractivity contribution >= 4 is 38.6 Å². The van der Waals surface area contributed by atoms with Crippen LogP contribution in [0.15, 0.2) is 40.6 Å².